The molecule has 0 aromatic heterocycles. The zero-order valence-corrected chi connectivity index (χ0v) is 11.7. The van der Waals surface area contributed by atoms with Gasteiger partial charge in [-0.3, -0.25) is 4.90 Å². The summed E-state index contributed by atoms with van der Waals surface area (Å²) in [7, 11) is 1.68. The zero-order chi connectivity index (χ0) is 13.5. The Morgan fingerprint density at radius 2 is 2.05 bits per heavy atom. The van der Waals surface area contributed by atoms with Gasteiger partial charge in [-0.2, -0.15) is 0 Å². The Morgan fingerprint density at radius 1 is 1.26 bits per heavy atom. The van der Waals surface area contributed by atoms with E-state index in [1.54, 1.807) is 7.11 Å². The van der Waals surface area contributed by atoms with Crippen molar-refractivity contribution < 1.29 is 9.47 Å². The first-order valence-electron chi connectivity index (χ1n) is 7.06. The molecule has 4 nitrogen and oxygen atoms in total. The number of ether oxygens (including phenoxy) is 2. The molecule has 2 N–H and O–H groups in total. The molecule has 4 heteroatoms. The normalized spacial score (nSPS) is 15.7. The monoisotopic (exact) mass is 264 g/mol. The zero-order valence-electron chi connectivity index (χ0n) is 11.7. The van der Waals surface area contributed by atoms with Gasteiger partial charge in [0.1, 0.15) is 6.61 Å². The fourth-order valence-corrected chi connectivity index (χ4v) is 2.52. The van der Waals surface area contributed by atoms with Crippen molar-refractivity contribution in [3.63, 3.8) is 0 Å². The van der Waals surface area contributed by atoms with Gasteiger partial charge in [-0.1, -0.05) is 12.1 Å². The van der Waals surface area contributed by atoms with Crippen LogP contribution in [-0.2, 0) is 6.42 Å². The number of nitrogens with two attached hydrogens (primary N) is 1. The number of nitrogens with zero attached hydrogens (tertiary/aromatic N) is 1. The predicted molar refractivity (Wildman–Crippen MR) is 76.9 cm³/mol. The first-order chi connectivity index (χ1) is 9.35. The van der Waals surface area contributed by atoms with Gasteiger partial charge in [-0.05, 0) is 50.5 Å². The standard InChI is InChI=1S/C15H24N2O2/c1-18-14-6-4-5-13(7-8-16)15(14)19-12-11-17-9-2-3-10-17/h4-6H,2-3,7-12,16H2,1H3. The molecule has 0 radical (unpaired) electrons. The topological polar surface area (TPSA) is 47.7 Å². The fourth-order valence-electron chi connectivity index (χ4n) is 2.52. The van der Waals surface area contributed by atoms with E-state index in [2.05, 4.69) is 11.0 Å². The summed E-state index contributed by atoms with van der Waals surface area (Å²) in [6.45, 7) is 4.71. The lowest BCUT2D eigenvalue weighted by Crippen LogP contribution is -2.25. The van der Waals surface area contributed by atoms with Crippen molar-refractivity contribution >= 4 is 0 Å². The van der Waals surface area contributed by atoms with Gasteiger partial charge in [0.15, 0.2) is 11.5 Å². The van der Waals surface area contributed by atoms with Gasteiger partial charge in [0.2, 0.25) is 0 Å². The van der Waals surface area contributed by atoms with Crippen molar-refractivity contribution in [2.75, 3.05) is 39.9 Å². The van der Waals surface area contributed by atoms with Crippen molar-refractivity contribution in [1.82, 2.24) is 4.90 Å². The number of hydrogen-bond donors (Lipinski definition) is 1. The largest absolute Gasteiger partial charge is 0.493 e. The molecular formula is C15H24N2O2. The third-order valence-electron chi connectivity index (χ3n) is 3.55. The Labute approximate surface area is 115 Å². The van der Waals surface area contributed by atoms with Crippen molar-refractivity contribution in [2.45, 2.75) is 19.3 Å². The molecule has 0 unspecified atom stereocenters. The molecule has 0 amide bonds. The van der Waals surface area contributed by atoms with Crippen LogP contribution in [0.1, 0.15) is 18.4 Å². The summed E-state index contributed by atoms with van der Waals surface area (Å²) in [5.41, 5.74) is 6.77. The predicted octanol–water partition coefficient (Wildman–Crippen LogP) is 1.67. The molecule has 1 aromatic rings. The molecule has 106 valence electrons. The van der Waals surface area contributed by atoms with Gasteiger partial charge in [-0.15, -0.1) is 0 Å². The Bertz CT molecular complexity index is 390. The second-order valence-corrected chi connectivity index (χ2v) is 4.88. The maximum Gasteiger partial charge on any atom is 0.164 e. The smallest absolute Gasteiger partial charge is 0.164 e. The summed E-state index contributed by atoms with van der Waals surface area (Å²) in [4.78, 5) is 2.44. The van der Waals surface area contributed by atoms with E-state index in [0.29, 0.717) is 13.2 Å². The van der Waals surface area contributed by atoms with Gasteiger partial charge in [0, 0.05) is 6.54 Å². The number of rotatable bonds is 7. The first-order valence-corrected chi connectivity index (χ1v) is 7.06. The highest BCUT2D eigenvalue weighted by atomic mass is 16.5. The number of hydrogen-bond acceptors (Lipinski definition) is 4. The molecule has 1 saturated heterocycles. The Morgan fingerprint density at radius 3 is 2.74 bits per heavy atom. The lowest BCUT2D eigenvalue weighted by atomic mass is 10.1. The summed E-state index contributed by atoms with van der Waals surface area (Å²) >= 11 is 0. The quantitative estimate of drug-likeness (QED) is 0.814. The molecule has 0 aliphatic carbocycles. The maximum atomic E-state index is 5.95. The molecule has 19 heavy (non-hydrogen) atoms. The van der Waals surface area contributed by atoms with Gasteiger partial charge in [0.05, 0.1) is 7.11 Å². The van der Waals surface area contributed by atoms with Gasteiger partial charge < -0.3 is 15.2 Å². The van der Waals surface area contributed by atoms with E-state index in [9.17, 15) is 0 Å². The van der Waals surface area contributed by atoms with Crippen LogP contribution in [-0.4, -0.2) is 44.8 Å². The third kappa shape index (κ3) is 3.85. The first kappa shape index (κ1) is 14.2. The average molecular weight is 264 g/mol. The summed E-state index contributed by atoms with van der Waals surface area (Å²) in [6, 6.07) is 5.98. The van der Waals surface area contributed by atoms with Gasteiger partial charge >= 0.3 is 0 Å². The molecule has 2 rings (SSSR count). The number of methoxy groups -OCH3 is 1. The Kier molecular flexibility index (Phi) is 5.48. The average Bonchev–Trinajstić information content (AvgIpc) is 2.93. The summed E-state index contributed by atoms with van der Waals surface area (Å²) in [5.74, 6) is 1.65. The summed E-state index contributed by atoms with van der Waals surface area (Å²) in [5, 5.41) is 0. The van der Waals surface area contributed by atoms with E-state index in [4.69, 9.17) is 15.2 Å². The highest BCUT2D eigenvalue weighted by Crippen LogP contribution is 2.31. The molecule has 1 aromatic carbocycles. The molecule has 1 heterocycles. The van der Waals surface area contributed by atoms with E-state index < -0.39 is 0 Å². The van der Waals surface area contributed by atoms with Crippen LogP contribution in [0.2, 0.25) is 0 Å². The van der Waals surface area contributed by atoms with Crippen molar-refractivity contribution in [2.24, 2.45) is 5.73 Å². The maximum absolute atomic E-state index is 5.95. The van der Waals surface area contributed by atoms with E-state index in [1.165, 1.54) is 25.9 Å². The number of para-hydroxylation sites is 1. The lowest BCUT2D eigenvalue weighted by Gasteiger charge is -2.18. The minimum absolute atomic E-state index is 0.621. The van der Waals surface area contributed by atoms with E-state index in [0.717, 1.165) is 30.0 Å². The minimum Gasteiger partial charge on any atom is -0.493 e. The lowest BCUT2D eigenvalue weighted by molar-refractivity contribution is 0.229. The van der Waals surface area contributed by atoms with Crippen LogP contribution in [0.4, 0.5) is 0 Å². The van der Waals surface area contributed by atoms with Gasteiger partial charge in [0.25, 0.3) is 0 Å². The second-order valence-electron chi connectivity index (χ2n) is 4.88. The fraction of sp³-hybridized carbons (Fsp3) is 0.600. The van der Waals surface area contributed by atoms with Crippen LogP contribution in [0.3, 0.4) is 0 Å². The van der Waals surface area contributed by atoms with Crippen LogP contribution >= 0.6 is 0 Å². The molecule has 0 atom stereocenters. The van der Waals surface area contributed by atoms with Crippen LogP contribution < -0.4 is 15.2 Å². The molecule has 0 bridgehead atoms. The number of benzene rings is 1. The van der Waals surface area contributed by atoms with Crippen LogP contribution in [0.15, 0.2) is 18.2 Å². The van der Waals surface area contributed by atoms with Gasteiger partial charge in [-0.25, -0.2) is 0 Å². The third-order valence-corrected chi connectivity index (χ3v) is 3.55. The van der Waals surface area contributed by atoms with Crippen molar-refractivity contribution in [3.8, 4) is 11.5 Å². The highest BCUT2D eigenvalue weighted by molar-refractivity contribution is 5.46. The SMILES string of the molecule is COc1cccc(CCN)c1OCCN1CCCC1. The number of likely N-dealkylation sites (tertiary alicyclic amines) is 1. The van der Waals surface area contributed by atoms with Crippen LogP contribution in [0, 0.1) is 0 Å². The summed E-state index contributed by atoms with van der Waals surface area (Å²) in [6.07, 6.45) is 3.44. The van der Waals surface area contributed by atoms with E-state index in [1.807, 2.05) is 12.1 Å². The minimum atomic E-state index is 0.621. The molecule has 0 spiro atoms. The highest BCUT2D eigenvalue weighted by Gasteiger charge is 2.13. The van der Waals surface area contributed by atoms with Crippen molar-refractivity contribution in [3.05, 3.63) is 23.8 Å². The Hall–Kier alpha value is -1.26. The molecule has 0 saturated carbocycles. The van der Waals surface area contributed by atoms with Crippen molar-refractivity contribution in [1.29, 1.82) is 0 Å². The van der Waals surface area contributed by atoms with E-state index in [-0.39, 0.29) is 0 Å². The molecule has 1 fully saturated rings. The van der Waals surface area contributed by atoms with E-state index >= 15 is 0 Å². The Balaban J connectivity index is 1.96. The molecule has 1 aliphatic rings. The van der Waals surface area contributed by atoms with Crippen LogP contribution in [0.25, 0.3) is 0 Å². The second kappa shape index (κ2) is 7.36. The van der Waals surface area contributed by atoms with Crippen LogP contribution in [0.5, 0.6) is 11.5 Å². The summed E-state index contributed by atoms with van der Waals surface area (Å²) < 4.78 is 11.3. The molecule has 1 aliphatic heterocycles. The molecular weight excluding hydrogens is 240 g/mol.